The van der Waals surface area contributed by atoms with Crippen LogP contribution in [-0.2, 0) is 12.8 Å². The molecular formula is C25H36O2. The Morgan fingerprint density at radius 1 is 0.815 bits per heavy atom. The highest BCUT2D eigenvalue weighted by atomic mass is 16.5. The van der Waals surface area contributed by atoms with Gasteiger partial charge in [-0.05, 0) is 38.0 Å². The number of rotatable bonds is 10. The van der Waals surface area contributed by atoms with E-state index < -0.39 is 0 Å². The molecule has 0 bridgehead atoms. The second-order valence-corrected chi connectivity index (χ2v) is 8.12. The maximum atomic E-state index is 6.41. The molecule has 0 aliphatic heterocycles. The monoisotopic (exact) mass is 368 g/mol. The van der Waals surface area contributed by atoms with Crippen LogP contribution in [0.4, 0.5) is 0 Å². The number of hydrogen-bond donors (Lipinski definition) is 0. The van der Waals surface area contributed by atoms with E-state index in [4.69, 9.17) is 9.47 Å². The molecule has 2 aromatic rings. The van der Waals surface area contributed by atoms with Gasteiger partial charge in [-0.2, -0.15) is 0 Å². The van der Waals surface area contributed by atoms with E-state index >= 15 is 0 Å². The van der Waals surface area contributed by atoms with E-state index in [9.17, 15) is 0 Å². The third-order valence-corrected chi connectivity index (χ3v) is 5.76. The average molecular weight is 369 g/mol. The molecule has 2 nitrogen and oxygen atoms in total. The molecule has 0 aromatic heterocycles. The molecular weight excluding hydrogens is 332 g/mol. The molecule has 0 saturated carbocycles. The van der Waals surface area contributed by atoms with Gasteiger partial charge in [0.1, 0.15) is 11.5 Å². The Morgan fingerprint density at radius 3 is 1.93 bits per heavy atom. The standard InChI is InChI=1S/C25H36O2/c1-4-6-10-16-26-24-20-12-8-9-13-21(20)25(27-17-11-7-5-2)23-18-19(3)14-15-22(23)24/h8-9,12-13,19H,4-7,10-11,14-18H2,1-3H3. The van der Waals surface area contributed by atoms with Gasteiger partial charge in [-0.25, -0.2) is 0 Å². The summed E-state index contributed by atoms with van der Waals surface area (Å²) in [4.78, 5) is 0. The summed E-state index contributed by atoms with van der Waals surface area (Å²) in [7, 11) is 0. The third kappa shape index (κ3) is 4.78. The van der Waals surface area contributed by atoms with E-state index in [2.05, 4.69) is 45.0 Å². The summed E-state index contributed by atoms with van der Waals surface area (Å²) in [5.41, 5.74) is 2.82. The zero-order valence-corrected chi connectivity index (χ0v) is 17.5. The molecule has 0 N–H and O–H groups in total. The van der Waals surface area contributed by atoms with Gasteiger partial charge >= 0.3 is 0 Å². The van der Waals surface area contributed by atoms with E-state index in [0.717, 1.165) is 50.4 Å². The van der Waals surface area contributed by atoms with Crippen LogP contribution in [0.1, 0.15) is 76.8 Å². The molecule has 0 spiro atoms. The van der Waals surface area contributed by atoms with Crippen LogP contribution >= 0.6 is 0 Å². The Kier molecular flexibility index (Phi) is 7.43. The molecule has 0 saturated heterocycles. The van der Waals surface area contributed by atoms with Crippen molar-refractivity contribution in [2.24, 2.45) is 5.92 Å². The summed E-state index contributed by atoms with van der Waals surface area (Å²) in [6.45, 7) is 8.47. The molecule has 1 aliphatic rings. The summed E-state index contributed by atoms with van der Waals surface area (Å²) in [6, 6.07) is 8.67. The van der Waals surface area contributed by atoms with Gasteiger partial charge in [0.25, 0.3) is 0 Å². The van der Waals surface area contributed by atoms with Crippen molar-refractivity contribution >= 4 is 10.8 Å². The van der Waals surface area contributed by atoms with Crippen LogP contribution in [0.2, 0.25) is 0 Å². The van der Waals surface area contributed by atoms with Gasteiger partial charge in [0.2, 0.25) is 0 Å². The van der Waals surface area contributed by atoms with E-state index in [1.807, 2.05) is 0 Å². The summed E-state index contributed by atoms with van der Waals surface area (Å²) in [5, 5.41) is 2.46. The Bertz CT molecular complexity index is 735. The number of hydrogen-bond acceptors (Lipinski definition) is 2. The second kappa shape index (κ2) is 10.0. The van der Waals surface area contributed by atoms with Crippen molar-refractivity contribution in [3.8, 4) is 11.5 Å². The first-order valence-corrected chi connectivity index (χ1v) is 11.1. The fraction of sp³-hybridized carbons (Fsp3) is 0.600. The van der Waals surface area contributed by atoms with Crippen LogP contribution < -0.4 is 9.47 Å². The Morgan fingerprint density at radius 2 is 1.37 bits per heavy atom. The largest absolute Gasteiger partial charge is 0.493 e. The van der Waals surface area contributed by atoms with E-state index in [0.29, 0.717) is 5.92 Å². The van der Waals surface area contributed by atoms with Gasteiger partial charge < -0.3 is 9.47 Å². The summed E-state index contributed by atoms with van der Waals surface area (Å²) < 4.78 is 12.8. The molecule has 0 radical (unpaired) electrons. The van der Waals surface area contributed by atoms with Crippen LogP contribution in [0.3, 0.4) is 0 Å². The quantitative estimate of drug-likeness (QED) is 0.416. The van der Waals surface area contributed by atoms with Crippen molar-refractivity contribution in [1.29, 1.82) is 0 Å². The lowest BCUT2D eigenvalue weighted by molar-refractivity contribution is 0.293. The predicted molar refractivity (Wildman–Crippen MR) is 115 cm³/mol. The molecule has 1 aliphatic carbocycles. The average Bonchev–Trinajstić information content (AvgIpc) is 2.69. The molecule has 0 amide bonds. The van der Waals surface area contributed by atoms with E-state index in [1.165, 1.54) is 54.0 Å². The first-order valence-electron chi connectivity index (χ1n) is 11.1. The molecule has 0 heterocycles. The topological polar surface area (TPSA) is 18.5 Å². The van der Waals surface area contributed by atoms with Gasteiger partial charge in [-0.3, -0.25) is 0 Å². The lowest BCUT2D eigenvalue weighted by Gasteiger charge is -2.28. The molecule has 27 heavy (non-hydrogen) atoms. The van der Waals surface area contributed by atoms with Crippen molar-refractivity contribution in [2.75, 3.05) is 13.2 Å². The zero-order valence-electron chi connectivity index (χ0n) is 17.5. The summed E-state index contributed by atoms with van der Waals surface area (Å²) in [5.74, 6) is 2.97. The van der Waals surface area contributed by atoms with Crippen molar-refractivity contribution in [3.63, 3.8) is 0 Å². The van der Waals surface area contributed by atoms with Gasteiger partial charge in [-0.15, -0.1) is 0 Å². The summed E-state index contributed by atoms with van der Waals surface area (Å²) in [6.07, 6.45) is 10.6. The fourth-order valence-electron chi connectivity index (χ4n) is 4.18. The minimum absolute atomic E-state index is 0.713. The SMILES string of the molecule is CCCCCOc1c2c(c(OCCCCC)c3ccccc13)CC(C)CC2. The first-order chi connectivity index (χ1) is 13.3. The number of ether oxygens (including phenoxy) is 2. The van der Waals surface area contributed by atoms with Gasteiger partial charge in [0, 0.05) is 21.9 Å². The van der Waals surface area contributed by atoms with Crippen molar-refractivity contribution in [2.45, 2.75) is 78.6 Å². The van der Waals surface area contributed by atoms with Crippen LogP contribution in [0.5, 0.6) is 11.5 Å². The number of benzene rings is 2. The van der Waals surface area contributed by atoms with Crippen LogP contribution in [0, 0.1) is 5.92 Å². The van der Waals surface area contributed by atoms with E-state index in [1.54, 1.807) is 0 Å². The maximum Gasteiger partial charge on any atom is 0.130 e. The molecule has 2 aromatic carbocycles. The van der Waals surface area contributed by atoms with Crippen molar-refractivity contribution in [1.82, 2.24) is 0 Å². The Labute approximate surface area is 165 Å². The lowest BCUT2D eigenvalue weighted by Crippen LogP contribution is -2.16. The highest BCUT2D eigenvalue weighted by Gasteiger charge is 2.26. The number of fused-ring (bicyclic) bond motifs is 2. The molecule has 1 atom stereocenters. The predicted octanol–water partition coefficient (Wildman–Crippen LogP) is 7.10. The van der Waals surface area contributed by atoms with Crippen LogP contribution in [-0.4, -0.2) is 13.2 Å². The lowest BCUT2D eigenvalue weighted by atomic mass is 9.82. The molecule has 148 valence electrons. The van der Waals surface area contributed by atoms with Crippen LogP contribution in [0.15, 0.2) is 24.3 Å². The van der Waals surface area contributed by atoms with Gasteiger partial charge in [0.15, 0.2) is 0 Å². The van der Waals surface area contributed by atoms with Crippen LogP contribution in [0.25, 0.3) is 10.8 Å². The van der Waals surface area contributed by atoms with Crippen molar-refractivity contribution < 1.29 is 9.47 Å². The smallest absolute Gasteiger partial charge is 0.130 e. The summed E-state index contributed by atoms with van der Waals surface area (Å²) >= 11 is 0. The maximum absolute atomic E-state index is 6.41. The van der Waals surface area contributed by atoms with E-state index in [-0.39, 0.29) is 0 Å². The van der Waals surface area contributed by atoms with Gasteiger partial charge in [0.05, 0.1) is 13.2 Å². The minimum atomic E-state index is 0.713. The highest BCUT2D eigenvalue weighted by Crippen LogP contribution is 2.45. The molecule has 1 unspecified atom stereocenters. The molecule has 2 heteroatoms. The molecule has 3 rings (SSSR count). The minimum Gasteiger partial charge on any atom is -0.493 e. The Balaban J connectivity index is 1.99. The second-order valence-electron chi connectivity index (χ2n) is 8.12. The van der Waals surface area contributed by atoms with Crippen molar-refractivity contribution in [3.05, 3.63) is 35.4 Å². The third-order valence-electron chi connectivity index (χ3n) is 5.76. The normalized spacial score (nSPS) is 16.3. The Hall–Kier alpha value is -1.70. The zero-order chi connectivity index (χ0) is 19.1. The van der Waals surface area contributed by atoms with Gasteiger partial charge in [-0.1, -0.05) is 70.7 Å². The number of unbranched alkanes of at least 4 members (excludes halogenated alkanes) is 4. The highest BCUT2D eigenvalue weighted by molar-refractivity contribution is 5.96. The fourth-order valence-corrected chi connectivity index (χ4v) is 4.18. The molecule has 0 fully saturated rings. The first kappa shape index (κ1) is 20.0.